The Kier molecular flexibility index (Phi) is 3.94. The molecule has 116 valence electrons. The second-order valence-corrected chi connectivity index (χ2v) is 5.54. The van der Waals surface area contributed by atoms with Gasteiger partial charge in [-0.05, 0) is 5.56 Å². The van der Waals surface area contributed by atoms with Crippen molar-refractivity contribution in [1.29, 1.82) is 0 Å². The van der Waals surface area contributed by atoms with Gasteiger partial charge in [-0.1, -0.05) is 30.3 Å². The zero-order valence-electron chi connectivity index (χ0n) is 12.2. The fourth-order valence-corrected chi connectivity index (χ4v) is 3.03. The molecule has 2 N–H and O–H groups in total. The summed E-state index contributed by atoms with van der Waals surface area (Å²) in [6, 6.07) is 10.4. The molecule has 0 aliphatic heterocycles. The summed E-state index contributed by atoms with van der Waals surface area (Å²) in [7, 11) is 1.40. The Morgan fingerprint density at radius 2 is 2.04 bits per heavy atom. The van der Waals surface area contributed by atoms with Gasteiger partial charge in [0.2, 0.25) is 0 Å². The van der Waals surface area contributed by atoms with E-state index in [1.807, 2.05) is 18.2 Å². The summed E-state index contributed by atoms with van der Waals surface area (Å²) in [6.45, 7) is 0. The topological polar surface area (TPSA) is 87.2 Å². The molecule has 0 unspecified atom stereocenters. The first-order valence-corrected chi connectivity index (χ1v) is 7.59. The molecular weight excluding hydrogens is 314 g/mol. The molecule has 6 nitrogen and oxygen atoms in total. The number of ether oxygens (including phenoxy) is 1. The van der Waals surface area contributed by atoms with Crippen molar-refractivity contribution >= 4 is 17.2 Å². The van der Waals surface area contributed by atoms with E-state index < -0.39 is 5.91 Å². The first-order valence-electron chi connectivity index (χ1n) is 6.71. The number of hydrogen-bond acceptors (Lipinski definition) is 5. The van der Waals surface area contributed by atoms with Crippen molar-refractivity contribution in [3.63, 3.8) is 0 Å². The van der Waals surface area contributed by atoms with Gasteiger partial charge >= 0.3 is 0 Å². The molecule has 0 fully saturated rings. The average Bonchev–Trinajstić information content (AvgIpc) is 3.08. The molecule has 0 saturated heterocycles. The van der Waals surface area contributed by atoms with Gasteiger partial charge < -0.3 is 10.5 Å². The highest BCUT2D eigenvalue weighted by atomic mass is 32.1. The number of nitrogens with two attached hydrogens (primary N) is 1. The molecule has 0 atom stereocenters. The number of nitrogens with zero attached hydrogens (tertiary/aromatic N) is 2. The molecule has 7 heteroatoms. The Balaban J connectivity index is 2.47. The summed E-state index contributed by atoms with van der Waals surface area (Å²) >= 11 is 1.29. The van der Waals surface area contributed by atoms with Crippen molar-refractivity contribution in [2.24, 2.45) is 5.73 Å². The lowest BCUT2D eigenvalue weighted by atomic mass is 10.0. The van der Waals surface area contributed by atoms with E-state index in [-0.39, 0.29) is 16.9 Å². The number of benzene rings is 1. The third-order valence-corrected chi connectivity index (χ3v) is 4.09. The number of methoxy groups -OCH3 is 1. The quantitative estimate of drug-likeness (QED) is 0.794. The van der Waals surface area contributed by atoms with Gasteiger partial charge in [0.25, 0.3) is 11.5 Å². The van der Waals surface area contributed by atoms with E-state index in [2.05, 4.69) is 4.98 Å². The highest BCUT2D eigenvalue weighted by Gasteiger charge is 2.23. The van der Waals surface area contributed by atoms with Crippen molar-refractivity contribution in [2.75, 3.05) is 7.11 Å². The maximum absolute atomic E-state index is 12.6. The maximum Gasteiger partial charge on any atom is 0.260 e. The molecule has 0 bridgehead atoms. The van der Waals surface area contributed by atoms with Gasteiger partial charge in [0.15, 0.2) is 0 Å². The van der Waals surface area contributed by atoms with Crippen molar-refractivity contribution in [1.82, 2.24) is 9.55 Å². The van der Waals surface area contributed by atoms with Crippen LogP contribution in [-0.4, -0.2) is 22.6 Å². The Morgan fingerprint density at radius 3 is 2.61 bits per heavy atom. The van der Waals surface area contributed by atoms with E-state index in [0.29, 0.717) is 16.3 Å². The predicted octanol–water partition coefficient (Wildman–Crippen LogP) is 2.07. The van der Waals surface area contributed by atoms with Crippen LogP contribution >= 0.6 is 11.3 Å². The molecule has 2 heterocycles. The Morgan fingerprint density at radius 1 is 1.30 bits per heavy atom. The van der Waals surface area contributed by atoms with Gasteiger partial charge in [-0.2, -0.15) is 0 Å². The van der Waals surface area contributed by atoms with Gasteiger partial charge in [-0.25, -0.2) is 0 Å². The number of primary amides is 1. The molecule has 3 rings (SSSR count). The van der Waals surface area contributed by atoms with Gasteiger partial charge in [0.1, 0.15) is 16.3 Å². The standard InChI is InChI=1S/C16H13N3O3S/c1-22-11-7-12(20)19(13-8-18-9-23-13)15(14(11)16(17)21)10-5-3-2-4-6-10/h2-9H,1H3,(H2,17,21). The van der Waals surface area contributed by atoms with Crippen molar-refractivity contribution < 1.29 is 9.53 Å². The number of thiazole rings is 1. The van der Waals surface area contributed by atoms with Crippen molar-refractivity contribution in [2.45, 2.75) is 0 Å². The normalized spacial score (nSPS) is 10.5. The van der Waals surface area contributed by atoms with E-state index in [9.17, 15) is 9.59 Å². The van der Waals surface area contributed by atoms with E-state index in [0.717, 1.165) is 0 Å². The molecule has 3 aromatic rings. The third-order valence-electron chi connectivity index (χ3n) is 3.33. The van der Waals surface area contributed by atoms with Crippen LogP contribution in [0.25, 0.3) is 16.3 Å². The minimum atomic E-state index is -0.668. The molecule has 2 aromatic heterocycles. The second kappa shape index (κ2) is 6.05. The van der Waals surface area contributed by atoms with Crippen LogP contribution < -0.4 is 16.0 Å². The third kappa shape index (κ3) is 2.62. The van der Waals surface area contributed by atoms with Crippen LogP contribution in [0, 0.1) is 0 Å². The van der Waals surface area contributed by atoms with Crippen molar-refractivity contribution in [3.05, 3.63) is 64.0 Å². The monoisotopic (exact) mass is 327 g/mol. The van der Waals surface area contributed by atoms with Crippen LogP contribution in [0.15, 0.2) is 52.9 Å². The fourth-order valence-electron chi connectivity index (χ4n) is 2.39. The van der Waals surface area contributed by atoms with Gasteiger partial charge in [-0.15, -0.1) is 11.3 Å². The number of carbonyl (C=O) groups excluding carboxylic acids is 1. The Labute approximate surface area is 135 Å². The molecule has 1 amide bonds. The van der Waals surface area contributed by atoms with Crippen LogP contribution in [0.1, 0.15) is 10.4 Å². The van der Waals surface area contributed by atoms with E-state index in [1.165, 1.54) is 29.1 Å². The molecule has 0 saturated carbocycles. The van der Waals surface area contributed by atoms with Gasteiger partial charge in [-0.3, -0.25) is 19.1 Å². The molecule has 1 aromatic carbocycles. The van der Waals surface area contributed by atoms with E-state index in [4.69, 9.17) is 10.5 Å². The average molecular weight is 327 g/mol. The summed E-state index contributed by atoms with van der Waals surface area (Å²) in [4.78, 5) is 28.6. The summed E-state index contributed by atoms with van der Waals surface area (Å²) in [6.07, 6.45) is 1.57. The molecule has 23 heavy (non-hydrogen) atoms. The zero-order valence-corrected chi connectivity index (χ0v) is 13.0. The van der Waals surface area contributed by atoms with Crippen molar-refractivity contribution in [3.8, 4) is 22.0 Å². The van der Waals surface area contributed by atoms with E-state index >= 15 is 0 Å². The number of pyridine rings is 1. The number of aromatic nitrogens is 2. The number of rotatable bonds is 4. The first-order chi connectivity index (χ1) is 11.1. The SMILES string of the molecule is COc1cc(=O)n(-c2cncs2)c(-c2ccccc2)c1C(N)=O. The smallest absolute Gasteiger partial charge is 0.260 e. The van der Waals surface area contributed by atoms with E-state index in [1.54, 1.807) is 23.8 Å². The molecule has 0 spiro atoms. The minimum Gasteiger partial charge on any atom is -0.496 e. The lowest BCUT2D eigenvalue weighted by molar-refractivity contribution is 0.0997. The summed E-state index contributed by atoms with van der Waals surface area (Å²) in [5.74, 6) is -0.513. The summed E-state index contributed by atoms with van der Waals surface area (Å²) in [5, 5.41) is 0.596. The van der Waals surface area contributed by atoms with Crippen LogP contribution in [0.2, 0.25) is 0 Å². The Bertz CT molecular complexity index is 902. The molecule has 0 radical (unpaired) electrons. The minimum absolute atomic E-state index is 0.155. The second-order valence-electron chi connectivity index (χ2n) is 4.68. The summed E-state index contributed by atoms with van der Waals surface area (Å²) < 4.78 is 6.62. The van der Waals surface area contributed by atoms with Gasteiger partial charge in [0.05, 0.1) is 24.5 Å². The number of carbonyl (C=O) groups is 1. The highest BCUT2D eigenvalue weighted by Crippen LogP contribution is 2.31. The molecule has 0 aliphatic rings. The maximum atomic E-state index is 12.6. The number of hydrogen-bond donors (Lipinski definition) is 1. The summed E-state index contributed by atoms with van der Waals surface area (Å²) in [5.41, 5.74) is 8.09. The largest absolute Gasteiger partial charge is 0.496 e. The van der Waals surface area contributed by atoms with Crippen LogP contribution in [0.3, 0.4) is 0 Å². The number of amides is 1. The molecular formula is C16H13N3O3S. The Hall–Kier alpha value is -2.93. The highest BCUT2D eigenvalue weighted by molar-refractivity contribution is 7.12. The van der Waals surface area contributed by atoms with Gasteiger partial charge in [0, 0.05) is 6.07 Å². The fraction of sp³-hybridized carbons (Fsp3) is 0.0625. The van der Waals surface area contributed by atoms with Crippen LogP contribution in [0.5, 0.6) is 5.75 Å². The lowest BCUT2D eigenvalue weighted by Gasteiger charge is -2.17. The molecule has 0 aliphatic carbocycles. The van der Waals surface area contributed by atoms with Crippen LogP contribution in [0.4, 0.5) is 0 Å². The zero-order chi connectivity index (χ0) is 16.4. The first kappa shape index (κ1) is 15.0. The lowest BCUT2D eigenvalue weighted by Crippen LogP contribution is -2.25. The van der Waals surface area contributed by atoms with Crippen LogP contribution in [-0.2, 0) is 0 Å². The predicted molar refractivity (Wildman–Crippen MR) is 88.2 cm³/mol.